The van der Waals surface area contributed by atoms with Gasteiger partial charge in [0.25, 0.3) is 0 Å². The number of nitrogens with one attached hydrogen (secondary N) is 1. The average molecular weight is 258 g/mol. The van der Waals surface area contributed by atoms with Crippen LogP contribution >= 0.6 is 0 Å². The van der Waals surface area contributed by atoms with Crippen molar-refractivity contribution >= 4 is 5.97 Å². The summed E-state index contributed by atoms with van der Waals surface area (Å²) in [5.74, 6) is -0.173. The maximum Gasteiger partial charge on any atom is 0.312 e. The summed E-state index contributed by atoms with van der Waals surface area (Å²) in [4.78, 5) is 13.9. The van der Waals surface area contributed by atoms with Gasteiger partial charge in [-0.15, -0.1) is 0 Å². The second-order valence-corrected chi connectivity index (χ2v) is 5.57. The first-order chi connectivity index (χ1) is 8.45. The molecule has 1 rings (SSSR count). The van der Waals surface area contributed by atoms with Crippen molar-refractivity contribution in [3.8, 4) is 0 Å². The van der Waals surface area contributed by atoms with E-state index in [1.165, 1.54) is 7.11 Å². The average Bonchev–Trinajstić information content (AvgIpc) is 2.36. The topological polar surface area (TPSA) is 50.8 Å². The van der Waals surface area contributed by atoms with Crippen molar-refractivity contribution in [2.45, 2.75) is 26.8 Å². The number of esters is 1. The predicted octanol–water partition coefficient (Wildman–Crippen LogP) is 0.496. The molecule has 0 bridgehead atoms. The number of morpholine rings is 1. The molecule has 1 atom stereocenters. The molecule has 0 aromatic carbocycles. The van der Waals surface area contributed by atoms with Crippen molar-refractivity contribution in [2.24, 2.45) is 5.41 Å². The molecule has 0 aliphatic carbocycles. The first kappa shape index (κ1) is 15.4. The minimum Gasteiger partial charge on any atom is -0.469 e. The Morgan fingerprint density at radius 3 is 2.61 bits per heavy atom. The molecule has 0 aromatic heterocycles. The lowest BCUT2D eigenvalue weighted by molar-refractivity contribution is -0.150. The minimum atomic E-state index is -0.478. The quantitative estimate of drug-likeness (QED) is 0.703. The summed E-state index contributed by atoms with van der Waals surface area (Å²) in [7, 11) is 1.43. The van der Waals surface area contributed by atoms with Crippen LogP contribution in [-0.4, -0.2) is 63.4 Å². The maximum atomic E-state index is 11.5. The van der Waals surface area contributed by atoms with E-state index in [1.807, 2.05) is 13.8 Å². The zero-order valence-electron chi connectivity index (χ0n) is 12.0. The number of carbonyl (C=O) groups is 1. The van der Waals surface area contributed by atoms with E-state index in [1.54, 1.807) is 0 Å². The van der Waals surface area contributed by atoms with Gasteiger partial charge in [-0.1, -0.05) is 0 Å². The third-order valence-electron chi connectivity index (χ3n) is 3.27. The standard InChI is InChI=1S/C13H26N2O3/c1-11(9-15-5-7-18-8-6-15)14-10-13(2,3)12(16)17-4/h11,14H,5-10H2,1-4H3. The summed E-state index contributed by atoms with van der Waals surface area (Å²) in [6.07, 6.45) is 0. The van der Waals surface area contributed by atoms with Crippen LogP contribution in [-0.2, 0) is 14.3 Å². The van der Waals surface area contributed by atoms with Gasteiger partial charge in [0.1, 0.15) is 0 Å². The number of hydrogen-bond acceptors (Lipinski definition) is 5. The van der Waals surface area contributed by atoms with Gasteiger partial charge in [0.2, 0.25) is 0 Å². The SMILES string of the molecule is COC(=O)C(C)(C)CNC(C)CN1CCOCC1. The van der Waals surface area contributed by atoms with Crippen molar-refractivity contribution in [2.75, 3.05) is 46.5 Å². The zero-order chi connectivity index (χ0) is 13.6. The van der Waals surface area contributed by atoms with E-state index in [0.29, 0.717) is 12.6 Å². The molecule has 0 amide bonds. The summed E-state index contributed by atoms with van der Waals surface area (Å²) < 4.78 is 10.1. The normalized spacial score (nSPS) is 19.6. The van der Waals surface area contributed by atoms with Crippen molar-refractivity contribution in [1.29, 1.82) is 0 Å². The van der Waals surface area contributed by atoms with Crippen molar-refractivity contribution in [1.82, 2.24) is 10.2 Å². The third-order valence-corrected chi connectivity index (χ3v) is 3.27. The molecule has 1 aliphatic heterocycles. The lowest BCUT2D eigenvalue weighted by atomic mass is 9.93. The molecule has 1 fully saturated rings. The Balaban J connectivity index is 2.27. The monoisotopic (exact) mass is 258 g/mol. The number of hydrogen-bond donors (Lipinski definition) is 1. The Morgan fingerprint density at radius 1 is 1.44 bits per heavy atom. The predicted molar refractivity (Wildman–Crippen MR) is 70.5 cm³/mol. The Kier molecular flexibility index (Phi) is 6.05. The van der Waals surface area contributed by atoms with Crippen LogP contribution in [0.25, 0.3) is 0 Å². The van der Waals surface area contributed by atoms with E-state index in [9.17, 15) is 4.79 Å². The lowest BCUT2D eigenvalue weighted by Gasteiger charge is -2.31. The second-order valence-electron chi connectivity index (χ2n) is 5.57. The number of methoxy groups -OCH3 is 1. The van der Waals surface area contributed by atoms with Gasteiger partial charge >= 0.3 is 5.97 Å². The van der Waals surface area contributed by atoms with Gasteiger partial charge in [0.15, 0.2) is 0 Å². The molecule has 0 saturated carbocycles. The van der Waals surface area contributed by atoms with E-state index in [-0.39, 0.29) is 5.97 Å². The number of rotatable bonds is 6. The minimum absolute atomic E-state index is 0.173. The molecular formula is C13H26N2O3. The molecule has 0 spiro atoms. The largest absolute Gasteiger partial charge is 0.469 e. The molecule has 106 valence electrons. The molecule has 1 N–H and O–H groups in total. The summed E-state index contributed by atoms with van der Waals surface area (Å²) in [6.45, 7) is 11.2. The summed E-state index contributed by atoms with van der Waals surface area (Å²) in [5, 5.41) is 3.40. The van der Waals surface area contributed by atoms with Crippen LogP contribution in [0, 0.1) is 5.41 Å². The van der Waals surface area contributed by atoms with Gasteiger partial charge in [-0.3, -0.25) is 9.69 Å². The molecule has 1 aliphatic rings. The van der Waals surface area contributed by atoms with Gasteiger partial charge in [-0.2, -0.15) is 0 Å². The number of nitrogens with zero attached hydrogens (tertiary/aromatic N) is 1. The fourth-order valence-electron chi connectivity index (χ4n) is 2.01. The van der Waals surface area contributed by atoms with Crippen LogP contribution in [0.4, 0.5) is 0 Å². The highest BCUT2D eigenvalue weighted by Crippen LogP contribution is 2.15. The molecule has 1 unspecified atom stereocenters. The van der Waals surface area contributed by atoms with E-state index in [0.717, 1.165) is 32.8 Å². The lowest BCUT2D eigenvalue weighted by Crippen LogP contribution is -2.47. The second kappa shape index (κ2) is 7.07. The Hall–Kier alpha value is -0.650. The Morgan fingerprint density at radius 2 is 2.06 bits per heavy atom. The van der Waals surface area contributed by atoms with Gasteiger partial charge in [-0.05, 0) is 20.8 Å². The van der Waals surface area contributed by atoms with Crippen LogP contribution in [0.15, 0.2) is 0 Å². The van der Waals surface area contributed by atoms with Crippen LogP contribution in [0.3, 0.4) is 0 Å². The van der Waals surface area contributed by atoms with Crippen LogP contribution in [0.1, 0.15) is 20.8 Å². The van der Waals surface area contributed by atoms with E-state index in [2.05, 4.69) is 17.1 Å². The molecule has 0 aromatic rings. The zero-order valence-corrected chi connectivity index (χ0v) is 12.0. The Labute approximate surface area is 110 Å². The van der Waals surface area contributed by atoms with E-state index < -0.39 is 5.41 Å². The molecule has 0 radical (unpaired) electrons. The fraction of sp³-hybridized carbons (Fsp3) is 0.923. The molecule has 1 saturated heterocycles. The molecule has 5 heteroatoms. The fourth-order valence-corrected chi connectivity index (χ4v) is 2.01. The van der Waals surface area contributed by atoms with E-state index in [4.69, 9.17) is 9.47 Å². The molecule has 1 heterocycles. The van der Waals surface area contributed by atoms with Crippen molar-refractivity contribution in [3.05, 3.63) is 0 Å². The summed E-state index contributed by atoms with van der Waals surface area (Å²) in [5.41, 5.74) is -0.478. The van der Waals surface area contributed by atoms with Gasteiger partial charge in [-0.25, -0.2) is 0 Å². The highest BCUT2D eigenvalue weighted by Gasteiger charge is 2.29. The maximum absolute atomic E-state index is 11.5. The van der Waals surface area contributed by atoms with Crippen molar-refractivity contribution in [3.63, 3.8) is 0 Å². The molecular weight excluding hydrogens is 232 g/mol. The highest BCUT2D eigenvalue weighted by molar-refractivity contribution is 5.76. The van der Waals surface area contributed by atoms with Crippen LogP contribution in [0.5, 0.6) is 0 Å². The highest BCUT2D eigenvalue weighted by atomic mass is 16.5. The molecule has 18 heavy (non-hydrogen) atoms. The van der Waals surface area contributed by atoms with Crippen molar-refractivity contribution < 1.29 is 14.3 Å². The van der Waals surface area contributed by atoms with Crippen LogP contribution in [0.2, 0.25) is 0 Å². The van der Waals surface area contributed by atoms with Gasteiger partial charge < -0.3 is 14.8 Å². The number of carbonyl (C=O) groups excluding carboxylic acids is 1. The van der Waals surface area contributed by atoms with E-state index >= 15 is 0 Å². The van der Waals surface area contributed by atoms with Gasteiger partial charge in [0.05, 0.1) is 25.7 Å². The summed E-state index contributed by atoms with van der Waals surface area (Å²) in [6, 6.07) is 0.354. The first-order valence-electron chi connectivity index (χ1n) is 6.57. The van der Waals surface area contributed by atoms with Gasteiger partial charge in [0, 0.05) is 32.2 Å². The number of ether oxygens (including phenoxy) is 2. The first-order valence-corrected chi connectivity index (χ1v) is 6.57. The molecule has 5 nitrogen and oxygen atoms in total. The Bertz CT molecular complexity index is 263. The summed E-state index contributed by atoms with van der Waals surface area (Å²) >= 11 is 0. The smallest absolute Gasteiger partial charge is 0.312 e. The third kappa shape index (κ3) is 4.92. The van der Waals surface area contributed by atoms with Crippen LogP contribution < -0.4 is 5.32 Å².